The van der Waals surface area contributed by atoms with Crippen molar-refractivity contribution in [2.45, 2.75) is 32.6 Å². The SMILES string of the molecule is CC1CCCC(C(=O)c2ccc(Br)cn2)C1. The van der Waals surface area contributed by atoms with Crippen LogP contribution in [0.2, 0.25) is 0 Å². The first-order valence-corrected chi connectivity index (χ1v) is 6.62. The van der Waals surface area contributed by atoms with Gasteiger partial charge in [0, 0.05) is 16.6 Å². The highest BCUT2D eigenvalue weighted by Gasteiger charge is 2.26. The number of carbonyl (C=O) groups is 1. The summed E-state index contributed by atoms with van der Waals surface area (Å²) in [6.45, 7) is 2.23. The predicted octanol–water partition coefficient (Wildman–Crippen LogP) is 3.85. The molecule has 2 nitrogen and oxygen atoms in total. The number of halogens is 1. The van der Waals surface area contributed by atoms with Crippen molar-refractivity contribution in [2.75, 3.05) is 0 Å². The lowest BCUT2D eigenvalue weighted by atomic mass is 9.79. The number of nitrogens with zero attached hydrogens (tertiary/aromatic N) is 1. The maximum absolute atomic E-state index is 12.2. The van der Waals surface area contributed by atoms with Crippen LogP contribution < -0.4 is 0 Å². The largest absolute Gasteiger partial charge is 0.292 e. The van der Waals surface area contributed by atoms with Crippen molar-refractivity contribution in [3.63, 3.8) is 0 Å². The molecule has 2 atom stereocenters. The molecule has 0 amide bonds. The van der Waals surface area contributed by atoms with E-state index in [4.69, 9.17) is 0 Å². The summed E-state index contributed by atoms with van der Waals surface area (Å²) in [6, 6.07) is 3.69. The van der Waals surface area contributed by atoms with Gasteiger partial charge in [0.15, 0.2) is 5.78 Å². The van der Waals surface area contributed by atoms with Gasteiger partial charge in [-0.25, -0.2) is 0 Å². The minimum atomic E-state index is 0.192. The van der Waals surface area contributed by atoms with Crippen molar-refractivity contribution in [1.82, 2.24) is 4.98 Å². The molecule has 2 rings (SSSR count). The second-order valence-corrected chi connectivity index (χ2v) is 5.61. The third kappa shape index (κ3) is 2.70. The second kappa shape index (κ2) is 5.09. The summed E-state index contributed by atoms with van der Waals surface area (Å²) >= 11 is 3.33. The number of carbonyl (C=O) groups excluding carboxylic acids is 1. The quantitative estimate of drug-likeness (QED) is 0.771. The molecule has 3 heteroatoms. The van der Waals surface area contributed by atoms with Gasteiger partial charge in [-0.2, -0.15) is 0 Å². The molecule has 1 saturated carbocycles. The van der Waals surface area contributed by atoms with Crippen LogP contribution in [0.1, 0.15) is 43.1 Å². The molecule has 16 heavy (non-hydrogen) atoms. The highest BCUT2D eigenvalue weighted by molar-refractivity contribution is 9.10. The van der Waals surface area contributed by atoms with Gasteiger partial charge in [-0.05, 0) is 46.8 Å². The summed E-state index contributed by atoms with van der Waals surface area (Å²) < 4.78 is 0.918. The molecule has 2 unspecified atom stereocenters. The molecule has 0 radical (unpaired) electrons. The number of aromatic nitrogens is 1. The first-order valence-electron chi connectivity index (χ1n) is 5.82. The average Bonchev–Trinajstić information content (AvgIpc) is 2.29. The molecule has 0 aromatic carbocycles. The van der Waals surface area contributed by atoms with Crippen molar-refractivity contribution in [3.8, 4) is 0 Å². The molecule has 1 aromatic heterocycles. The zero-order valence-corrected chi connectivity index (χ0v) is 11.0. The van der Waals surface area contributed by atoms with Crippen molar-refractivity contribution in [3.05, 3.63) is 28.5 Å². The number of rotatable bonds is 2. The standard InChI is InChI=1S/C13H16BrNO/c1-9-3-2-4-10(7-9)13(16)12-6-5-11(14)8-15-12/h5-6,8-10H,2-4,7H2,1H3. The summed E-state index contributed by atoms with van der Waals surface area (Å²) in [5, 5.41) is 0. The lowest BCUT2D eigenvalue weighted by Gasteiger charge is -2.25. The van der Waals surface area contributed by atoms with Crippen LogP contribution in [0.4, 0.5) is 0 Å². The summed E-state index contributed by atoms with van der Waals surface area (Å²) in [7, 11) is 0. The van der Waals surface area contributed by atoms with Gasteiger partial charge in [0.25, 0.3) is 0 Å². The third-order valence-corrected chi connectivity index (χ3v) is 3.76. The van der Waals surface area contributed by atoms with Gasteiger partial charge in [-0.15, -0.1) is 0 Å². The molecule has 0 saturated heterocycles. The third-order valence-electron chi connectivity index (χ3n) is 3.29. The molecule has 1 heterocycles. The second-order valence-electron chi connectivity index (χ2n) is 4.69. The molecular formula is C13H16BrNO. The minimum absolute atomic E-state index is 0.192. The van der Waals surface area contributed by atoms with E-state index >= 15 is 0 Å². The van der Waals surface area contributed by atoms with Gasteiger partial charge in [0.2, 0.25) is 0 Å². The summed E-state index contributed by atoms with van der Waals surface area (Å²) in [4.78, 5) is 16.4. The Balaban J connectivity index is 2.09. The molecule has 86 valence electrons. The fraction of sp³-hybridized carbons (Fsp3) is 0.538. The Labute approximate surface area is 105 Å². The maximum Gasteiger partial charge on any atom is 0.184 e. The monoisotopic (exact) mass is 281 g/mol. The Morgan fingerprint density at radius 1 is 1.44 bits per heavy atom. The Morgan fingerprint density at radius 3 is 2.88 bits per heavy atom. The summed E-state index contributed by atoms with van der Waals surface area (Å²) in [6.07, 6.45) is 6.18. The fourth-order valence-corrected chi connectivity index (χ4v) is 2.64. The van der Waals surface area contributed by atoms with E-state index in [-0.39, 0.29) is 11.7 Å². The number of Topliss-reactive ketones (excluding diaryl/α,β-unsaturated/α-hetero) is 1. The van der Waals surface area contributed by atoms with Crippen LogP contribution in [0, 0.1) is 11.8 Å². The molecule has 0 N–H and O–H groups in total. The molecule has 1 aromatic rings. The first kappa shape index (κ1) is 11.8. The van der Waals surface area contributed by atoms with E-state index in [0.717, 1.165) is 17.3 Å². The van der Waals surface area contributed by atoms with E-state index in [1.54, 1.807) is 6.20 Å². The summed E-state index contributed by atoms with van der Waals surface area (Å²) in [5.41, 5.74) is 0.613. The van der Waals surface area contributed by atoms with E-state index in [2.05, 4.69) is 27.8 Å². The lowest BCUT2D eigenvalue weighted by molar-refractivity contribution is 0.0863. The fourth-order valence-electron chi connectivity index (χ4n) is 2.40. The Morgan fingerprint density at radius 2 is 2.25 bits per heavy atom. The Kier molecular flexibility index (Phi) is 3.74. The average molecular weight is 282 g/mol. The first-order chi connectivity index (χ1) is 7.66. The molecule has 0 spiro atoms. The molecule has 0 aliphatic heterocycles. The van der Waals surface area contributed by atoms with E-state index in [9.17, 15) is 4.79 Å². The number of hydrogen-bond acceptors (Lipinski definition) is 2. The van der Waals surface area contributed by atoms with Crippen LogP contribution in [-0.4, -0.2) is 10.8 Å². The van der Waals surface area contributed by atoms with E-state index in [1.807, 2.05) is 12.1 Å². The van der Waals surface area contributed by atoms with Crippen LogP contribution in [-0.2, 0) is 0 Å². The van der Waals surface area contributed by atoms with Crippen LogP contribution in [0.3, 0.4) is 0 Å². The van der Waals surface area contributed by atoms with Gasteiger partial charge in [-0.1, -0.05) is 19.8 Å². The van der Waals surface area contributed by atoms with Gasteiger partial charge >= 0.3 is 0 Å². The molecular weight excluding hydrogens is 266 g/mol. The van der Waals surface area contributed by atoms with Crippen LogP contribution in [0.15, 0.2) is 22.8 Å². The van der Waals surface area contributed by atoms with E-state index < -0.39 is 0 Å². The van der Waals surface area contributed by atoms with Gasteiger partial charge in [-0.3, -0.25) is 9.78 Å². The highest BCUT2D eigenvalue weighted by Crippen LogP contribution is 2.30. The summed E-state index contributed by atoms with van der Waals surface area (Å²) in [5.74, 6) is 1.09. The maximum atomic E-state index is 12.2. The van der Waals surface area contributed by atoms with Crippen LogP contribution in [0.5, 0.6) is 0 Å². The van der Waals surface area contributed by atoms with Crippen molar-refractivity contribution in [1.29, 1.82) is 0 Å². The van der Waals surface area contributed by atoms with E-state index in [0.29, 0.717) is 11.6 Å². The van der Waals surface area contributed by atoms with Gasteiger partial charge in [0.1, 0.15) is 5.69 Å². The molecule has 1 aliphatic carbocycles. The lowest BCUT2D eigenvalue weighted by Crippen LogP contribution is -2.22. The molecule has 0 bridgehead atoms. The van der Waals surface area contributed by atoms with Crippen LogP contribution >= 0.6 is 15.9 Å². The Hall–Kier alpha value is -0.700. The smallest absolute Gasteiger partial charge is 0.184 e. The van der Waals surface area contributed by atoms with Crippen molar-refractivity contribution in [2.24, 2.45) is 11.8 Å². The zero-order chi connectivity index (χ0) is 11.5. The number of pyridine rings is 1. The van der Waals surface area contributed by atoms with Gasteiger partial charge in [0.05, 0.1) is 0 Å². The number of hydrogen-bond donors (Lipinski definition) is 0. The zero-order valence-electron chi connectivity index (χ0n) is 9.45. The molecule has 1 fully saturated rings. The predicted molar refractivity (Wildman–Crippen MR) is 67.4 cm³/mol. The van der Waals surface area contributed by atoms with Crippen molar-refractivity contribution >= 4 is 21.7 Å². The molecule has 1 aliphatic rings. The van der Waals surface area contributed by atoms with Crippen molar-refractivity contribution < 1.29 is 4.79 Å². The normalized spacial score (nSPS) is 25.4. The number of ketones is 1. The van der Waals surface area contributed by atoms with Crippen LogP contribution in [0.25, 0.3) is 0 Å². The Bertz CT molecular complexity index is 374. The minimum Gasteiger partial charge on any atom is -0.292 e. The van der Waals surface area contributed by atoms with E-state index in [1.165, 1.54) is 12.8 Å². The topological polar surface area (TPSA) is 30.0 Å². The highest BCUT2D eigenvalue weighted by atomic mass is 79.9. The van der Waals surface area contributed by atoms with Gasteiger partial charge < -0.3 is 0 Å².